The molecule has 1 saturated heterocycles. The molecule has 5 unspecified atom stereocenters. The summed E-state index contributed by atoms with van der Waals surface area (Å²) in [6.07, 6.45) is -2.99. The Morgan fingerprint density at radius 3 is 2.50 bits per heavy atom. The number of methoxy groups -OCH3 is 1. The van der Waals surface area contributed by atoms with E-state index in [-0.39, 0.29) is 37.3 Å². The molecule has 0 saturated carbocycles. The van der Waals surface area contributed by atoms with Crippen molar-refractivity contribution in [2.24, 2.45) is 0 Å². The van der Waals surface area contributed by atoms with Crippen LogP contribution in [0.25, 0.3) is 0 Å². The Kier molecular flexibility index (Phi) is 11.4. The maximum absolute atomic E-state index is 13.5. The average molecular weight is 649 g/mol. The normalized spacial score (nSPS) is 23.8. The maximum Gasteiger partial charge on any atom is 0.417 e. The first kappa shape index (κ1) is 32.0. The number of hydrogen-bond donors (Lipinski definition) is 2. The van der Waals surface area contributed by atoms with Gasteiger partial charge in [-0.05, 0) is 39.6 Å². The minimum absolute atomic E-state index is 0.00550. The van der Waals surface area contributed by atoms with Crippen LogP contribution < -0.4 is 0 Å². The number of carbonyl (C=O) groups excluding carboxylic acids is 3. The molecule has 0 radical (unpaired) electrons. The van der Waals surface area contributed by atoms with Crippen molar-refractivity contribution in [3.8, 4) is 0 Å². The van der Waals surface area contributed by atoms with Gasteiger partial charge in [0.1, 0.15) is 18.8 Å². The third-order valence-corrected chi connectivity index (χ3v) is 7.80. The first-order valence-electron chi connectivity index (χ1n) is 13.5. The molecule has 0 bridgehead atoms. The van der Waals surface area contributed by atoms with Crippen LogP contribution in [0.15, 0.2) is 71.2 Å². The molecular formula is C30H34BrNO10. The Hall–Kier alpha value is -2.97. The smallest absolute Gasteiger partial charge is 0.417 e. The molecular weight excluding hydrogens is 614 g/mol. The van der Waals surface area contributed by atoms with Crippen LogP contribution in [-0.2, 0) is 39.9 Å². The number of aliphatic hydroxyl groups is 2. The van der Waals surface area contributed by atoms with Crippen molar-refractivity contribution in [1.82, 2.24) is 4.90 Å². The van der Waals surface area contributed by atoms with Gasteiger partial charge in [0.15, 0.2) is 23.8 Å². The fourth-order valence-corrected chi connectivity index (χ4v) is 5.20. The van der Waals surface area contributed by atoms with Gasteiger partial charge < -0.3 is 33.9 Å². The van der Waals surface area contributed by atoms with Crippen molar-refractivity contribution < 1.29 is 48.3 Å². The van der Waals surface area contributed by atoms with E-state index < -0.39 is 47.9 Å². The predicted molar refractivity (Wildman–Crippen MR) is 152 cm³/mol. The summed E-state index contributed by atoms with van der Waals surface area (Å²) in [5.74, 6) is -3.40. The average Bonchev–Trinajstić information content (AvgIpc) is 3.39. The highest BCUT2D eigenvalue weighted by molar-refractivity contribution is 9.11. The third kappa shape index (κ3) is 7.70. The number of ether oxygens (including phenoxy) is 5. The number of rotatable bonds is 14. The largest absolute Gasteiger partial charge is 0.446 e. The molecule has 2 aromatic rings. The minimum Gasteiger partial charge on any atom is -0.446 e. The second-order valence-corrected chi connectivity index (χ2v) is 10.7. The Bertz CT molecular complexity index is 1240. The lowest BCUT2D eigenvalue weighted by atomic mass is 9.99. The Balaban J connectivity index is 1.34. The molecule has 2 aliphatic heterocycles. The van der Waals surface area contributed by atoms with Crippen LogP contribution in [0.4, 0.5) is 4.79 Å². The van der Waals surface area contributed by atoms with E-state index in [1.165, 1.54) is 7.11 Å². The predicted octanol–water partition coefficient (Wildman–Crippen LogP) is 3.03. The number of amides is 2. The number of benzene rings is 2. The third-order valence-electron chi connectivity index (χ3n) is 6.95. The molecule has 2 N–H and O–H groups in total. The van der Waals surface area contributed by atoms with Gasteiger partial charge in [-0.2, -0.15) is 0 Å². The van der Waals surface area contributed by atoms with Crippen LogP contribution in [0, 0.1) is 0 Å². The molecule has 0 aliphatic carbocycles. The zero-order valence-electron chi connectivity index (χ0n) is 23.1. The van der Waals surface area contributed by atoms with Crippen molar-refractivity contribution >= 4 is 33.7 Å². The molecule has 5 atom stereocenters. The minimum atomic E-state index is -1.95. The fraction of sp³-hybridized carbons (Fsp3) is 0.433. The number of ketones is 1. The molecule has 0 aromatic heterocycles. The first-order chi connectivity index (χ1) is 20.3. The number of aliphatic hydroxyl groups excluding tert-OH is 1. The summed E-state index contributed by atoms with van der Waals surface area (Å²) in [6.45, 7) is 0.390. The van der Waals surface area contributed by atoms with Crippen LogP contribution in [0.3, 0.4) is 0 Å². The monoisotopic (exact) mass is 647 g/mol. The fourth-order valence-electron chi connectivity index (χ4n) is 4.68. The summed E-state index contributed by atoms with van der Waals surface area (Å²) in [7, 11) is 1.22. The van der Waals surface area contributed by atoms with Gasteiger partial charge in [0.25, 0.3) is 5.91 Å². The molecule has 226 valence electrons. The van der Waals surface area contributed by atoms with E-state index in [4.69, 9.17) is 23.7 Å². The van der Waals surface area contributed by atoms with Gasteiger partial charge in [-0.15, -0.1) is 0 Å². The summed E-state index contributed by atoms with van der Waals surface area (Å²) in [5, 5.41) is 20.9. The van der Waals surface area contributed by atoms with Gasteiger partial charge in [0.05, 0.1) is 24.3 Å². The zero-order chi connectivity index (χ0) is 30.1. The van der Waals surface area contributed by atoms with Crippen molar-refractivity contribution in [1.29, 1.82) is 0 Å². The second-order valence-electron chi connectivity index (χ2n) is 9.87. The SMILES string of the molecule is COC(C(=O)N1C(=O)OCC1c1ccccc1)C1OC(O)(CCCOCC(CO)OCc2ccccc2)C(Br)=CC1=O. The van der Waals surface area contributed by atoms with Crippen LogP contribution in [0.2, 0.25) is 0 Å². The molecule has 2 heterocycles. The van der Waals surface area contributed by atoms with Gasteiger partial charge in [-0.3, -0.25) is 9.59 Å². The molecule has 2 amide bonds. The molecule has 2 aromatic carbocycles. The number of carbonyl (C=O) groups is 3. The number of nitrogens with zero attached hydrogens (tertiary/aromatic N) is 1. The molecule has 42 heavy (non-hydrogen) atoms. The van der Waals surface area contributed by atoms with Gasteiger partial charge in [-0.1, -0.05) is 60.7 Å². The van der Waals surface area contributed by atoms with Gasteiger partial charge in [0, 0.05) is 20.1 Å². The van der Waals surface area contributed by atoms with Crippen LogP contribution in [0.5, 0.6) is 0 Å². The van der Waals surface area contributed by atoms with E-state index in [9.17, 15) is 24.6 Å². The highest BCUT2D eigenvalue weighted by Crippen LogP contribution is 2.37. The van der Waals surface area contributed by atoms with E-state index in [0.29, 0.717) is 18.6 Å². The van der Waals surface area contributed by atoms with Crippen molar-refractivity contribution in [3.05, 3.63) is 82.3 Å². The first-order valence-corrected chi connectivity index (χ1v) is 14.3. The molecule has 0 spiro atoms. The number of halogens is 1. The number of cyclic esters (lactones) is 1. The van der Waals surface area contributed by atoms with E-state index in [1.54, 1.807) is 30.3 Å². The Morgan fingerprint density at radius 2 is 1.83 bits per heavy atom. The van der Waals surface area contributed by atoms with Crippen molar-refractivity contribution in [3.63, 3.8) is 0 Å². The van der Waals surface area contributed by atoms with Crippen molar-refractivity contribution in [2.75, 3.05) is 33.5 Å². The highest BCUT2D eigenvalue weighted by Gasteiger charge is 2.50. The summed E-state index contributed by atoms with van der Waals surface area (Å²) in [5.41, 5.74) is 1.65. The van der Waals surface area contributed by atoms with Crippen LogP contribution >= 0.6 is 15.9 Å². The van der Waals surface area contributed by atoms with Gasteiger partial charge in [0.2, 0.25) is 0 Å². The van der Waals surface area contributed by atoms with Gasteiger partial charge in [-0.25, -0.2) is 9.69 Å². The number of imide groups is 1. The lowest BCUT2D eigenvalue weighted by molar-refractivity contribution is -0.227. The second kappa shape index (κ2) is 15.0. The summed E-state index contributed by atoms with van der Waals surface area (Å²) < 4.78 is 27.7. The van der Waals surface area contributed by atoms with Crippen LogP contribution in [-0.4, -0.2) is 90.5 Å². The Morgan fingerprint density at radius 1 is 1.14 bits per heavy atom. The zero-order valence-corrected chi connectivity index (χ0v) is 24.7. The summed E-state index contributed by atoms with van der Waals surface area (Å²) in [4.78, 5) is 39.9. The molecule has 12 heteroatoms. The quantitative estimate of drug-likeness (QED) is 0.294. The van der Waals surface area contributed by atoms with E-state index in [2.05, 4.69) is 15.9 Å². The number of hydrogen-bond acceptors (Lipinski definition) is 10. The topological polar surface area (TPSA) is 141 Å². The highest BCUT2D eigenvalue weighted by atomic mass is 79.9. The molecule has 11 nitrogen and oxygen atoms in total. The Labute approximate surface area is 252 Å². The molecule has 1 fully saturated rings. The standard InChI is InChI=1S/C30H34BrNO10/c1-38-27(28(35)32-23(19-41-29(32)36)21-11-6-3-7-12-21)26-24(34)15-25(31)30(37,42-26)13-8-14-39-18-22(16-33)40-17-20-9-4-2-5-10-20/h2-7,9-12,15,22-23,26-27,33,37H,8,13-14,16-19H2,1H3. The summed E-state index contributed by atoms with van der Waals surface area (Å²) >= 11 is 3.21. The van der Waals surface area contributed by atoms with Gasteiger partial charge >= 0.3 is 6.09 Å². The molecule has 2 aliphatic rings. The van der Waals surface area contributed by atoms with Crippen LogP contribution in [0.1, 0.15) is 30.0 Å². The lowest BCUT2D eigenvalue weighted by Crippen LogP contribution is -2.55. The van der Waals surface area contributed by atoms with Crippen molar-refractivity contribution in [2.45, 2.75) is 49.6 Å². The van der Waals surface area contributed by atoms with E-state index >= 15 is 0 Å². The van der Waals surface area contributed by atoms with E-state index in [0.717, 1.165) is 16.5 Å². The lowest BCUT2D eigenvalue weighted by Gasteiger charge is -2.38. The summed E-state index contributed by atoms with van der Waals surface area (Å²) in [6, 6.07) is 17.7. The van der Waals surface area contributed by atoms with E-state index in [1.807, 2.05) is 30.3 Å². The maximum atomic E-state index is 13.5. The molecule has 4 rings (SSSR count).